The maximum absolute atomic E-state index is 13.9. The number of carbonyl (C=O) groups is 2. The van der Waals surface area contributed by atoms with Crippen molar-refractivity contribution in [1.82, 2.24) is 5.32 Å². The van der Waals surface area contributed by atoms with Crippen molar-refractivity contribution in [2.75, 3.05) is 18.6 Å². The van der Waals surface area contributed by atoms with Crippen LogP contribution >= 0.6 is 0 Å². The summed E-state index contributed by atoms with van der Waals surface area (Å²) < 4.78 is 18.8. The fourth-order valence-corrected chi connectivity index (χ4v) is 3.05. The minimum Gasteiger partial charge on any atom is -0.494 e. The molecule has 5 nitrogen and oxygen atoms in total. The molecule has 0 spiro atoms. The summed E-state index contributed by atoms with van der Waals surface area (Å²) in [6, 6.07) is 11.2. The van der Waals surface area contributed by atoms with E-state index in [1.54, 1.807) is 36.1 Å². The minimum atomic E-state index is -0.472. The van der Waals surface area contributed by atoms with Crippen LogP contribution in [0.15, 0.2) is 42.5 Å². The van der Waals surface area contributed by atoms with Gasteiger partial charge in [-0.2, -0.15) is 0 Å². The zero-order chi connectivity index (χ0) is 18.7. The molecule has 0 aliphatic carbocycles. The molecule has 0 bridgehead atoms. The van der Waals surface area contributed by atoms with Gasteiger partial charge in [-0.25, -0.2) is 4.39 Å². The number of nitrogens with one attached hydrogen (secondary N) is 1. The van der Waals surface area contributed by atoms with Crippen LogP contribution in [0.5, 0.6) is 5.75 Å². The van der Waals surface area contributed by atoms with Crippen LogP contribution in [0.25, 0.3) is 0 Å². The van der Waals surface area contributed by atoms with Crippen LogP contribution in [-0.2, 0) is 4.79 Å². The molecule has 1 saturated heterocycles. The minimum absolute atomic E-state index is 0.0737. The Balaban J connectivity index is 1.73. The fourth-order valence-electron chi connectivity index (χ4n) is 3.05. The van der Waals surface area contributed by atoms with Gasteiger partial charge < -0.3 is 15.0 Å². The average molecular weight is 356 g/mol. The SMILES string of the molecule is COc1ccc([C@H](C)NC(=O)c2cccc(N3CCCC3=O)c2)cc1F. The molecule has 2 aromatic carbocycles. The monoisotopic (exact) mass is 356 g/mol. The molecule has 2 amide bonds. The number of nitrogens with zero attached hydrogens (tertiary/aromatic N) is 1. The molecule has 3 rings (SSSR count). The molecule has 0 radical (unpaired) electrons. The van der Waals surface area contributed by atoms with E-state index in [9.17, 15) is 14.0 Å². The molecule has 136 valence electrons. The Morgan fingerprint density at radius 2 is 2.08 bits per heavy atom. The Morgan fingerprint density at radius 3 is 2.73 bits per heavy atom. The maximum Gasteiger partial charge on any atom is 0.251 e. The van der Waals surface area contributed by atoms with Crippen molar-refractivity contribution in [2.45, 2.75) is 25.8 Å². The van der Waals surface area contributed by atoms with Gasteiger partial charge in [-0.3, -0.25) is 9.59 Å². The van der Waals surface area contributed by atoms with Gasteiger partial charge in [0, 0.05) is 24.2 Å². The number of anilines is 1. The normalized spacial score (nSPS) is 15.0. The summed E-state index contributed by atoms with van der Waals surface area (Å²) in [7, 11) is 1.40. The Kier molecular flexibility index (Phi) is 5.21. The Labute approximate surface area is 151 Å². The number of hydrogen-bond acceptors (Lipinski definition) is 3. The summed E-state index contributed by atoms with van der Waals surface area (Å²) in [5.74, 6) is -0.511. The third-order valence-electron chi connectivity index (χ3n) is 4.52. The van der Waals surface area contributed by atoms with Crippen molar-refractivity contribution in [3.63, 3.8) is 0 Å². The lowest BCUT2D eigenvalue weighted by Gasteiger charge is -2.18. The molecule has 1 heterocycles. The van der Waals surface area contributed by atoms with Gasteiger partial charge in [0.25, 0.3) is 5.91 Å². The van der Waals surface area contributed by atoms with Gasteiger partial charge in [0.1, 0.15) is 0 Å². The van der Waals surface area contributed by atoms with Crippen molar-refractivity contribution < 1.29 is 18.7 Å². The van der Waals surface area contributed by atoms with Crippen molar-refractivity contribution in [1.29, 1.82) is 0 Å². The Hall–Kier alpha value is -2.89. The van der Waals surface area contributed by atoms with Crippen LogP contribution in [0, 0.1) is 5.82 Å². The van der Waals surface area contributed by atoms with Crippen LogP contribution in [0.1, 0.15) is 41.7 Å². The lowest BCUT2D eigenvalue weighted by molar-refractivity contribution is -0.117. The lowest BCUT2D eigenvalue weighted by atomic mass is 10.1. The number of amides is 2. The van der Waals surface area contributed by atoms with Crippen LogP contribution in [0.4, 0.5) is 10.1 Å². The Morgan fingerprint density at radius 1 is 1.27 bits per heavy atom. The quantitative estimate of drug-likeness (QED) is 0.893. The molecule has 1 atom stereocenters. The summed E-state index contributed by atoms with van der Waals surface area (Å²) in [6.07, 6.45) is 1.37. The zero-order valence-corrected chi connectivity index (χ0v) is 14.8. The standard InChI is InChI=1S/C20H21FN2O3/c1-13(14-8-9-18(26-2)17(21)12-14)22-20(25)15-5-3-6-16(11-15)23-10-4-7-19(23)24/h3,5-6,8-9,11-13H,4,7,10H2,1-2H3,(H,22,25)/t13-/m0/s1. The molecule has 1 aliphatic rings. The highest BCUT2D eigenvalue weighted by Crippen LogP contribution is 2.24. The van der Waals surface area contributed by atoms with Crippen molar-refractivity contribution in [2.24, 2.45) is 0 Å². The van der Waals surface area contributed by atoms with E-state index in [2.05, 4.69) is 5.32 Å². The second kappa shape index (κ2) is 7.56. The number of halogens is 1. The largest absolute Gasteiger partial charge is 0.494 e. The third kappa shape index (κ3) is 3.69. The smallest absolute Gasteiger partial charge is 0.251 e. The van der Waals surface area contributed by atoms with E-state index >= 15 is 0 Å². The maximum atomic E-state index is 13.9. The first-order chi connectivity index (χ1) is 12.5. The first kappa shape index (κ1) is 17.9. The predicted molar refractivity (Wildman–Crippen MR) is 96.9 cm³/mol. The number of methoxy groups -OCH3 is 1. The highest BCUT2D eigenvalue weighted by atomic mass is 19.1. The van der Waals surface area contributed by atoms with Crippen LogP contribution in [0.2, 0.25) is 0 Å². The van der Waals surface area contributed by atoms with Gasteiger partial charge >= 0.3 is 0 Å². The number of rotatable bonds is 5. The van der Waals surface area contributed by atoms with Crippen molar-refractivity contribution in [3.8, 4) is 5.75 Å². The van der Waals surface area contributed by atoms with Crippen LogP contribution < -0.4 is 15.0 Å². The van der Waals surface area contributed by atoms with Crippen LogP contribution in [0.3, 0.4) is 0 Å². The van der Waals surface area contributed by atoms with Gasteiger partial charge in [0.2, 0.25) is 5.91 Å². The summed E-state index contributed by atoms with van der Waals surface area (Å²) in [5, 5.41) is 2.86. The van der Waals surface area contributed by atoms with Crippen LogP contribution in [-0.4, -0.2) is 25.5 Å². The molecule has 26 heavy (non-hydrogen) atoms. The molecule has 1 aliphatic heterocycles. The molecule has 0 saturated carbocycles. The molecule has 1 fully saturated rings. The van der Waals surface area contributed by atoms with E-state index in [0.29, 0.717) is 24.1 Å². The molecule has 1 N–H and O–H groups in total. The Bertz CT molecular complexity index is 838. The number of ether oxygens (including phenoxy) is 1. The van der Waals surface area contributed by atoms with E-state index in [1.165, 1.54) is 19.2 Å². The number of hydrogen-bond donors (Lipinski definition) is 1. The van der Waals surface area contributed by atoms with E-state index < -0.39 is 5.82 Å². The second-order valence-corrected chi connectivity index (χ2v) is 6.29. The third-order valence-corrected chi connectivity index (χ3v) is 4.52. The number of benzene rings is 2. The molecule has 0 aromatic heterocycles. The van der Waals surface area contributed by atoms with Gasteiger partial charge in [0.05, 0.1) is 13.2 Å². The first-order valence-electron chi connectivity index (χ1n) is 8.54. The topological polar surface area (TPSA) is 58.6 Å². The average Bonchev–Trinajstić information content (AvgIpc) is 3.07. The zero-order valence-electron chi connectivity index (χ0n) is 14.8. The second-order valence-electron chi connectivity index (χ2n) is 6.29. The molecule has 2 aromatic rings. The first-order valence-corrected chi connectivity index (χ1v) is 8.54. The summed E-state index contributed by atoms with van der Waals surface area (Å²) in [6.45, 7) is 2.46. The predicted octanol–water partition coefficient (Wildman–Crippen LogP) is 3.45. The summed E-state index contributed by atoms with van der Waals surface area (Å²) >= 11 is 0. The fraction of sp³-hybridized carbons (Fsp3) is 0.300. The van der Waals surface area contributed by atoms with E-state index in [1.807, 2.05) is 6.07 Å². The molecular formula is C20H21FN2O3. The van der Waals surface area contributed by atoms with E-state index in [4.69, 9.17) is 4.74 Å². The van der Waals surface area contributed by atoms with E-state index in [0.717, 1.165) is 12.1 Å². The lowest BCUT2D eigenvalue weighted by Crippen LogP contribution is -2.28. The van der Waals surface area contributed by atoms with E-state index in [-0.39, 0.29) is 23.6 Å². The highest BCUT2D eigenvalue weighted by molar-refractivity contribution is 5.99. The van der Waals surface area contributed by atoms with Crippen molar-refractivity contribution >= 4 is 17.5 Å². The van der Waals surface area contributed by atoms with Gasteiger partial charge in [-0.1, -0.05) is 12.1 Å². The molecular weight excluding hydrogens is 335 g/mol. The highest BCUT2D eigenvalue weighted by Gasteiger charge is 2.22. The molecule has 6 heteroatoms. The molecule has 0 unspecified atom stereocenters. The van der Waals surface area contributed by atoms with Gasteiger partial charge in [-0.05, 0) is 49.2 Å². The van der Waals surface area contributed by atoms with Gasteiger partial charge in [-0.15, -0.1) is 0 Å². The summed E-state index contributed by atoms with van der Waals surface area (Å²) in [5.41, 5.74) is 1.83. The van der Waals surface area contributed by atoms with Gasteiger partial charge in [0.15, 0.2) is 11.6 Å². The number of carbonyl (C=O) groups excluding carboxylic acids is 2. The van der Waals surface area contributed by atoms with Crippen molar-refractivity contribution in [3.05, 3.63) is 59.4 Å². The summed E-state index contributed by atoms with van der Waals surface area (Å²) in [4.78, 5) is 26.1.